The Kier molecular flexibility index (Phi) is 7.91. The molecule has 0 aliphatic heterocycles. The van der Waals surface area contributed by atoms with Crippen LogP contribution in [0.4, 0.5) is 17.6 Å². The lowest BCUT2D eigenvalue weighted by molar-refractivity contribution is 0.396. The maximum Gasteiger partial charge on any atom is 0.328 e. The van der Waals surface area contributed by atoms with Crippen molar-refractivity contribution in [3.8, 4) is 34.9 Å². The fraction of sp³-hybridized carbons (Fsp3) is 0. The molecule has 6 rings (SSSR count). The second-order valence-corrected chi connectivity index (χ2v) is 12.1. The Labute approximate surface area is 249 Å². The van der Waals surface area contributed by atoms with Crippen LogP contribution in [-0.2, 0) is 4.57 Å². The Morgan fingerprint density at radius 3 is 1.52 bits per heavy atom. The number of benzene rings is 5. The number of hydrogen-bond donors (Lipinski definition) is 0. The topological polar surface area (TPSA) is 74.2 Å². The van der Waals surface area contributed by atoms with Gasteiger partial charge in [0.15, 0.2) is 13.0 Å². The van der Waals surface area contributed by atoms with E-state index in [-0.39, 0.29) is 33.5 Å². The third kappa shape index (κ3) is 5.80. The number of nitrogens with zero attached hydrogens (tertiary/aromatic N) is 3. The smallest absolute Gasteiger partial charge is 0.328 e. The van der Waals surface area contributed by atoms with E-state index in [9.17, 15) is 13.3 Å². The molecule has 218 valence electrons. The van der Waals surface area contributed by atoms with E-state index in [2.05, 4.69) is 15.0 Å². The summed E-state index contributed by atoms with van der Waals surface area (Å²) in [7, 11) is -4.11. The number of aromatic nitrogens is 3. The van der Waals surface area contributed by atoms with Crippen molar-refractivity contribution in [2.45, 2.75) is 0 Å². The van der Waals surface area contributed by atoms with Gasteiger partial charge in [-0.3, -0.25) is 0 Å². The molecular weight excluding hydrogens is 593 g/mol. The van der Waals surface area contributed by atoms with Crippen LogP contribution < -0.4 is 25.4 Å². The Bertz CT molecular complexity index is 1900. The van der Waals surface area contributed by atoms with E-state index in [0.29, 0.717) is 0 Å². The minimum Gasteiger partial charge on any atom is -0.424 e. The van der Waals surface area contributed by atoms with Gasteiger partial charge in [-0.15, -0.1) is 4.98 Å². The first kappa shape index (κ1) is 28.8. The van der Waals surface area contributed by atoms with Gasteiger partial charge in [0.2, 0.25) is 0 Å². The van der Waals surface area contributed by atoms with Crippen molar-refractivity contribution >= 4 is 23.1 Å². The van der Waals surface area contributed by atoms with Crippen LogP contribution in [0.15, 0.2) is 121 Å². The van der Waals surface area contributed by atoms with Gasteiger partial charge in [-0.1, -0.05) is 72.8 Å². The first-order chi connectivity index (χ1) is 21.3. The van der Waals surface area contributed by atoms with Gasteiger partial charge < -0.3 is 14.0 Å². The Morgan fingerprint density at radius 2 is 1.05 bits per heavy atom. The molecule has 0 spiro atoms. The van der Waals surface area contributed by atoms with Gasteiger partial charge >= 0.3 is 12.0 Å². The molecule has 0 saturated carbocycles. The lowest BCUT2D eigenvalue weighted by Gasteiger charge is -2.22. The van der Waals surface area contributed by atoms with E-state index in [1.807, 2.05) is 0 Å². The summed E-state index contributed by atoms with van der Waals surface area (Å²) in [5.41, 5.74) is -0.343. The predicted molar refractivity (Wildman–Crippen MR) is 158 cm³/mol. The summed E-state index contributed by atoms with van der Waals surface area (Å²) in [6, 6.07) is 27.5. The van der Waals surface area contributed by atoms with Gasteiger partial charge in [-0.25, -0.2) is 17.6 Å². The van der Waals surface area contributed by atoms with E-state index in [1.54, 1.807) is 36.4 Å². The molecule has 0 atom stereocenters. The third-order valence-electron chi connectivity index (χ3n) is 6.47. The van der Waals surface area contributed by atoms with E-state index in [1.165, 1.54) is 60.7 Å². The van der Waals surface area contributed by atoms with Crippen molar-refractivity contribution in [2.75, 3.05) is 0 Å². The molecule has 6 nitrogen and oxygen atoms in total. The first-order valence-electron chi connectivity index (χ1n) is 13.1. The van der Waals surface area contributed by atoms with Gasteiger partial charge in [0.25, 0.3) is 0 Å². The molecule has 0 amide bonds. The molecule has 11 heteroatoms. The summed E-state index contributed by atoms with van der Waals surface area (Å²) in [6.07, 6.45) is 0. The molecule has 0 unspecified atom stereocenters. The maximum atomic E-state index is 16.6. The van der Waals surface area contributed by atoms with Crippen molar-refractivity contribution in [3.63, 3.8) is 0 Å². The highest BCUT2D eigenvalue weighted by molar-refractivity contribution is 7.85. The number of hydrogen-bond acceptors (Lipinski definition) is 6. The quantitative estimate of drug-likeness (QED) is 0.132. The average molecular weight is 614 g/mol. The molecule has 0 aliphatic rings. The molecule has 0 saturated heterocycles. The highest BCUT2D eigenvalue weighted by atomic mass is 31.2. The third-order valence-corrected chi connectivity index (χ3v) is 9.56. The van der Waals surface area contributed by atoms with Crippen molar-refractivity contribution in [1.82, 2.24) is 15.0 Å². The standard InChI is InChI=1S/C33H20F4N3O3P/c34-21-9-7-11-23(19-21)42-32-38-31(39-33(40-32)43-24-12-8-10-22(35)20-24)27-17-18-28(36)30(29(27)37)44(41,25-13-3-1-4-14-25)26-15-5-2-6-16-26/h1-20H. The second kappa shape index (κ2) is 12.1. The summed E-state index contributed by atoms with van der Waals surface area (Å²) in [5, 5.41) is -0.253. The van der Waals surface area contributed by atoms with Crippen LogP contribution in [0.2, 0.25) is 0 Å². The molecule has 5 aromatic carbocycles. The Hall–Kier alpha value is -5.34. The number of ether oxygens (including phenoxy) is 2. The molecule has 0 N–H and O–H groups in total. The largest absolute Gasteiger partial charge is 0.424 e. The van der Waals surface area contributed by atoms with Gasteiger partial charge in [0.1, 0.15) is 34.8 Å². The van der Waals surface area contributed by atoms with E-state index in [0.717, 1.165) is 24.3 Å². The minimum absolute atomic E-state index is 0.0109. The number of rotatable bonds is 8. The van der Waals surface area contributed by atoms with Crippen molar-refractivity contribution in [1.29, 1.82) is 0 Å². The average Bonchev–Trinajstić information content (AvgIpc) is 3.02. The molecule has 44 heavy (non-hydrogen) atoms. The molecule has 6 aromatic rings. The monoisotopic (exact) mass is 613 g/mol. The Balaban J connectivity index is 1.53. The molecular formula is C33H20F4N3O3P. The second-order valence-electron chi connectivity index (χ2n) is 9.38. The van der Waals surface area contributed by atoms with Gasteiger partial charge in [-0.2, -0.15) is 9.97 Å². The zero-order valence-corrected chi connectivity index (χ0v) is 23.5. The van der Waals surface area contributed by atoms with Crippen molar-refractivity contribution < 1.29 is 31.6 Å². The lowest BCUT2D eigenvalue weighted by Crippen LogP contribution is -2.29. The maximum absolute atomic E-state index is 16.6. The normalized spacial score (nSPS) is 11.3. The summed E-state index contributed by atoms with van der Waals surface area (Å²) in [5.74, 6) is -3.76. The molecule has 0 radical (unpaired) electrons. The fourth-order valence-electron chi connectivity index (χ4n) is 4.51. The molecule has 0 fully saturated rings. The highest BCUT2D eigenvalue weighted by Gasteiger charge is 2.37. The SMILES string of the molecule is O=P(c1ccccc1)(c1ccccc1)c1c(F)ccc(-c2nc(Oc3cccc(F)c3)nc(Oc3cccc(F)c3)n2)c1F. The lowest BCUT2D eigenvalue weighted by atomic mass is 10.2. The summed E-state index contributed by atoms with van der Waals surface area (Å²) < 4.78 is 86.0. The van der Waals surface area contributed by atoms with Crippen molar-refractivity contribution in [3.05, 3.63) is 145 Å². The Morgan fingerprint density at radius 1 is 0.545 bits per heavy atom. The van der Waals surface area contributed by atoms with Crippen LogP contribution >= 0.6 is 7.14 Å². The molecule has 1 aromatic heterocycles. The van der Waals surface area contributed by atoms with E-state index >= 15 is 8.78 Å². The van der Waals surface area contributed by atoms with Crippen LogP contribution in [-0.4, -0.2) is 15.0 Å². The van der Waals surface area contributed by atoms with Gasteiger partial charge in [0, 0.05) is 22.7 Å². The van der Waals surface area contributed by atoms with E-state index in [4.69, 9.17) is 9.47 Å². The van der Waals surface area contributed by atoms with Crippen LogP contribution in [0.1, 0.15) is 0 Å². The minimum atomic E-state index is -4.11. The van der Waals surface area contributed by atoms with Crippen LogP contribution in [0, 0.1) is 23.3 Å². The van der Waals surface area contributed by atoms with Crippen molar-refractivity contribution in [2.24, 2.45) is 0 Å². The highest BCUT2D eigenvalue weighted by Crippen LogP contribution is 2.45. The van der Waals surface area contributed by atoms with Gasteiger partial charge in [0.05, 0.1) is 10.9 Å². The van der Waals surface area contributed by atoms with Crippen LogP contribution in [0.25, 0.3) is 11.4 Å². The molecule has 0 aliphatic carbocycles. The molecule has 1 heterocycles. The predicted octanol–water partition coefficient (Wildman–Crippen LogP) is 7.32. The van der Waals surface area contributed by atoms with Crippen LogP contribution in [0.5, 0.6) is 23.5 Å². The first-order valence-corrected chi connectivity index (χ1v) is 14.8. The number of halogens is 4. The molecule has 0 bridgehead atoms. The van der Waals surface area contributed by atoms with E-state index < -0.39 is 47.7 Å². The summed E-state index contributed by atoms with van der Waals surface area (Å²) in [4.78, 5) is 12.4. The summed E-state index contributed by atoms with van der Waals surface area (Å²) >= 11 is 0. The summed E-state index contributed by atoms with van der Waals surface area (Å²) in [6.45, 7) is 0. The zero-order valence-electron chi connectivity index (χ0n) is 22.6. The fourth-order valence-corrected chi connectivity index (χ4v) is 7.28. The van der Waals surface area contributed by atoms with Gasteiger partial charge in [-0.05, 0) is 36.4 Å². The van der Waals surface area contributed by atoms with Crippen LogP contribution in [0.3, 0.4) is 0 Å². The zero-order chi connectivity index (χ0) is 30.7.